The van der Waals surface area contributed by atoms with E-state index in [1.165, 1.54) is 19.1 Å². The monoisotopic (exact) mass is 264 g/mol. The highest BCUT2D eigenvalue weighted by molar-refractivity contribution is 6.01. The molecule has 0 saturated carbocycles. The van der Waals surface area contributed by atoms with Gasteiger partial charge < -0.3 is 20.9 Å². The van der Waals surface area contributed by atoms with Crippen molar-refractivity contribution in [1.29, 1.82) is 0 Å². The Morgan fingerprint density at radius 2 is 1.79 bits per heavy atom. The second-order valence-corrected chi connectivity index (χ2v) is 3.87. The molecule has 0 aromatic heterocycles. The van der Waals surface area contributed by atoms with Gasteiger partial charge in [-0.15, -0.1) is 0 Å². The average Bonchev–Trinajstić information content (AvgIpc) is 2.27. The number of carbonyl (C=O) groups is 2. The third-order valence-corrected chi connectivity index (χ3v) is 2.21. The van der Waals surface area contributed by atoms with Crippen molar-refractivity contribution in [1.82, 2.24) is 0 Å². The van der Waals surface area contributed by atoms with Crippen LogP contribution in [0, 0.1) is 0 Å². The maximum atomic E-state index is 11.6. The second kappa shape index (κ2) is 5.90. The van der Waals surface area contributed by atoms with E-state index in [9.17, 15) is 9.59 Å². The molecule has 0 aliphatic rings. The van der Waals surface area contributed by atoms with Gasteiger partial charge in [0.25, 0.3) is 0 Å². The molecule has 0 atom stereocenters. The molecule has 0 amide bonds. The Bertz CT molecular complexity index is 514. The number of ether oxygens (including phenoxy) is 2. The fourth-order valence-electron chi connectivity index (χ4n) is 1.35. The number of esters is 2. The summed E-state index contributed by atoms with van der Waals surface area (Å²) in [4.78, 5) is 23.0. The smallest absolute Gasteiger partial charge is 0.342 e. The van der Waals surface area contributed by atoms with Crippen LogP contribution in [0.5, 0.6) is 5.75 Å². The molecule has 0 radical (unpaired) electrons. The van der Waals surface area contributed by atoms with Crippen LogP contribution in [-0.2, 0) is 9.53 Å². The Kier molecular flexibility index (Phi) is 4.52. The van der Waals surface area contributed by atoms with E-state index in [-0.39, 0.29) is 34.9 Å². The zero-order valence-electron chi connectivity index (χ0n) is 10.9. The summed E-state index contributed by atoms with van der Waals surface area (Å²) in [6.07, 6.45) is 0. The summed E-state index contributed by atoms with van der Waals surface area (Å²) in [6, 6.07) is 2.67. The quantitative estimate of drug-likeness (QED) is 0.369. The van der Waals surface area contributed by atoms with Crippen LogP contribution in [-0.4, -0.2) is 18.5 Å². The molecule has 102 valence electrons. The normalized spacial score (nSPS) is 9.79. The molecule has 0 aliphatic carbocycles. The van der Waals surface area contributed by atoms with Gasteiger partial charge in [-0.25, -0.2) is 9.59 Å². The molecule has 0 unspecified atom stereocenters. The van der Waals surface area contributed by atoms with E-state index in [0.717, 1.165) is 0 Å². The second-order valence-electron chi connectivity index (χ2n) is 3.87. The first-order chi connectivity index (χ1) is 8.86. The molecule has 1 aromatic carbocycles. The van der Waals surface area contributed by atoms with Crippen molar-refractivity contribution in [2.24, 2.45) is 0 Å². The first kappa shape index (κ1) is 14.6. The summed E-state index contributed by atoms with van der Waals surface area (Å²) in [7, 11) is 0. The van der Waals surface area contributed by atoms with Gasteiger partial charge in [-0.05, 0) is 13.8 Å². The first-order valence-electron chi connectivity index (χ1n) is 5.60. The highest BCUT2D eigenvalue weighted by Crippen LogP contribution is 2.27. The number of nitrogen functional groups attached to an aromatic ring is 2. The van der Waals surface area contributed by atoms with Crippen LogP contribution in [0.3, 0.4) is 0 Å². The topological polar surface area (TPSA) is 105 Å². The van der Waals surface area contributed by atoms with Gasteiger partial charge in [0.05, 0.1) is 18.0 Å². The third-order valence-electron chi connectivity index (χ3n) is 2.21. The van der Waals surface area contributed by atoms with Crippen molar-refractivity contribution in [3.8, 4) is 5.75 Å². The Labute approximate surface area is 111 Å². The molecule has 4 N–H and O–H groups in total. The first-order valence-corrected chi connectivity index (χ1v) is 5.60. The fraction of sp³-hybridized carbons (Fsp3) is 0.231. The van der Waals surface area contributed by atoms with Crippen LogP contribution in [0.15, 0.2) is 24.3 Å². The molecular weight excluding hydrogens is 248 g/mol. The standard InChI is InChI=1S/C13H16N2O4/c1-4-18-13(17)11-9(14)5-8(6-10(11)15)19-12(16)7(2)3/h5-6H,2,4,14-15H2,1,3H3. The lowest BCUT2D eigenvalue weighted by molar-refractivity contribution is -0.130. The van der Waals surface area contributed by atoms with Gasteiger partial charge in [0.1, 0.15) is 11.3 Å². The molecule has 0 heterocycles. The number of benzene rings is 1. The number of anilines is 2. The summed E-state index contributed by atoms with van der Waals surface area (Å²) in [5, 5.41) is 0. The van der Waals surface area contributed by atoms with Crippen LogP contribution in [0.1, 0.15) is 24.2 Å². The van der Waals surface area contributed by atoms with Crippen molar-refractivity contribution in [3.63, 3.8) is 0 Å². The van der Waals surface area contributed by atoms with E-state index in [1.807, 2.05) is 0 Å². The summed E-state index contributed by atoms with van der Waals surface area (Å²) < 4.78 is 9.81. The molecule has 1 aromatic rings. The molecule has 6 heteroatoms. The van der Waals surface area contributed by atoms with E-state index < -0.39 is 11.9 Å². The Morgan fingerprint density at radius 1 is 1.26 bits per heavy atom. The minimum Gasteiger partial charge on any atom is -0.462 e. The summed E-state index contributed by atoms with van der Waals surface area (Å²) in [6.45, 7) is 6.86. The fourth-order valence-corrected chi connectivity index (χ4v) is 1.35. The van der Waals surface area contributed by atoms with Crippen molar-refractivity contribution < 1.29 is 19.1 Å². The highest BCUT2D eigenvalue weighted by atomic mass is 16.5. The predicted octanol–water partition coefficient (Wildman–Crippen LogP) is 1.51. The minimum absolute atomic E-state index is 0.0666. The molecule has 0 saturated heterocycles. The molecule has 0 spiro atoms. The van der Waals surface area contributed by atoms with Crippen LogP contribution in [0.25, 0.3) is 0 Å². The molecule has 0 aliphatic heterocycles. The van der Waals surface area contributed by atoms with E-state index in [1.54, 1.807) is 6.92 Å². The van der Waals surface area contributed by atoms with Crippen molar-refractivity contribution >= 4 is 23.3 Å². The lowest BCUT2D eigenvalue weighted by atomic mass is 10.1. The van der Waals surface area contributed by atoms with Gasteiger partial charge in [0.2, 0.25) is 0 Å². The summed E-state index contributed by atoms with van der Waals surface area (Å²) >= 11 is 0. The Balaban J connectivity index is 3.06. The zero-order valence-corrected chi connectivity index (χ0v) is 10.9. The third kappa shape index (κ3) is 3.48. The maximum Gasteiger partial charge on any atom is 0.342 e. The van der Waals surface area contributed by atoms with Crippen LogP contribution >= 0.6 is 0 Å². The molecule has 1 rings (SSSR count). The van der Waals surface area contributed by atoms with E-state index in [2.05, 4.69) is 6.58 Å². The summed E-state index contributed by atoms with van der Waals surface area (Å²) in [5.41, 5.74) is 11.9. The van der Waals surface area contributed by atoms with Crippen LogP contribution < -0.4 is 16.2 Å². The largest absolute Gasteiger partial charge is 0.462 e. The Morgan fingerprint density at radius 3 is 2.21 bits per heavy atom. The molecule has 0 bridgehead atoms. The lowest BCUT2D eigenvalue weighted by Crippen LogP contribution is -2.13. The van der Waals surface area contributed by atoms with E-state index >= 15 is 0 Å². The highest BCUT2D eigenvalue weighted by Gasteiger charge is 2.17. The zero-order chi connectivity index (χ0) is 14.6. The van der Waals surface area contributed by atoms with Gasteiger partial charge in [-0.1, -0.05) is 6.58 Å². The van der Waals surface area contributed by atoms with Gasteiger partial charge in [-0.2, -0.15) is 0 Å². The molecule has 0 fully saturated rings. The van der Waals surface area contributed by atoms with Crippen LogP contribution in [0.4, 0.5) is 11.4 Å². The van der Waals surface area contributed by atoms with Crippen molar-refractivity contribution in [3.05, 3.63) is 29.8 Å². The van der Waals surface area contributed by atoms with Gasteiger partial charge in [0.15, 0.2) is 0 Å². The van der Waals surface area contributed by atoms with Gasteiger partial charge in [0, 0.05) is 17.7 Å². The Hall–Kier alpha value is -2.50. The summed E-state index contributed by atoms with van der Waals surface area (Å²) in [5.74, 6) is -1.06. The number of nitrogens with two attached hydrogens (primary N) is 2. The molecule has 6 nitrogen and oxygen atoms in total. The number of hydrogen-bond acceptors (Lipinski definition) is 6. The SMILES string of the molecule is C=C(C)C(=O)Oc1cc(N)c(C(=O)OCC)c(N)c1. The molecule has 19 heavy (non-hydrogen) atoms. The maximum absolute atomic E-state index is 11.6. The number of rotatable bonds is 4. The van der Waals surface area contributed by atoms with E-state index in [4.69, 9.17) is 20.9 Å². The number of carbonyl (C=O) groups excluding carboxylic acids is 2. The van der Waals surface area contributed by atoms with Gasteiger partial charge >= 0.3 is 11.9 Å². The van der Waals surface area contributed by atoms with E-state index in [0.29, 0.717) is 0 Å². The lowest BCUT2D eigenvalue weighted by Gasteiger charge is -2.11. The predicted molar refractivity (Wildman–Crippen MR) is 71.7 cm³/mol. The van der Waals surface area contributed by atoms with Crippen molar-refractivity contribution in [2.45, 2.75) is 13.8 Å². The van der Waals surface area contributed by atoms with Crippen molar-refractivity contribution in [2.75, 3.05) is 18.1 Å². The van der Waals surface area contributed by atoms with Crippen LogP contribution in [0.2, 0.25) is 0 Å². The average molecular weight is 264 g/mol. The van der Waals surface area contributed by atoms with Gasteiger partial charge in [-0.3, -0.25) is 0 Å². The minimum atomic E-state index is -0.615. The molecular formula is C13H16N2O4. The number of hydrogen-bond donors (Lipinski definition) is 2.